The van der Waals surface area contributed by atoms with E-state index < -0.39 is 0 Å². The molecule has 4 heteroatoms. The first-order valence-electron chi connectivity index (χ1n) is 6.35. The summed E-state index contributed by atoms with van der Waals surface area (Å²) in [6, 6.07) is 15.5. The number of benzene rings is 2. The lowest BCUT2D eigenvalue weighted by molar-refractivity contribution is 0.902. The minimum Gasteiger partial charge on any atom is -0.308 e. The summed E-state index contributed by atoms with van der Waals surface area (Å²) in [4.78, 5) is 12.5. The Morgan fingerprint density at radius 2 is 1.70 bits per heavy atom. The topological polar surface area (TPSA) is 26.4 Å². The van der Waals surface area contributed by atoms with Crippen LogP contribution in [-0.2, 0) is 7.05 Å². The van der Waals surface area contributed by atoms with Gasteiger partial charge in [0.1, 0.15) is 5.52 Å². The number of rotatable bonds is 0. The van der Waals surface area contributed by atoms with Gasteiger partial charge in [0.2, 0.25) is 0 Å². The molecule has 2 aromatic heterocycles. The zero-order valence-electron chi connectivity index (χ0n) is 10.8. The summed E-state index contributed by atoms with van der Waals surface area (Å²) in [5.74, 6) is 0. The minimum absolute atomic E-state index is 0.00368. The van der Waals surface area contributed by atoms with Gasteiger partial charge in [0.05, 0.1) is 16.6 Å². The zero-order valence-corrected chi connectivity index (χ0v) is 11.6. The molecule has 2 aromatic carbocycles. The van der Waals surface area contributed by atoms with Crippen LogP contribution in [0.4, 0.5) is 0 Å². The van der Waals surface area contributed by atoms with Gasteiger partial charge >= 0.3 is 0 Å². The fraction of sp³-hybridized carbons (Fsp3) is 0.0625. The van der Waals surface area contributed by atoms with Crippen LogP contribution in [0.15, 0.2) is 53.3 Å². The number of hydrogen-bond acceptors (Lipinski definition) is 1. The van der Waals surface area contributed by atoms with Crippen LogP contribution < -0.4 is 5.56 Å². The molecule has 0 fully saturated rings. The summed E-state index contributed by atoms with van der Waals surface area (Å²) >= 11 is 6.13. The third kappa shape index (κ3) is 1.38. The van der Waals surface area contributed by atoms with Crippen LogP contribution in [-0.4, -0.2) is 8.97 Å². The summed E-state index contributed by atoms with van der Waals surface area (Å²) in [5, 5.41) is 1.72. The Kier molecular flexibility index (Phi) is 2.24. The second-order valence-corrected chi connectivity index (χ2v) is 5.36. The zero-order chi connectivity index (χ0) is 13.9. The summed E-state index contributed by atoms with van der Waals surface area (Å²) in [5.41, 5.74) is 3.50. The van der Waals surface area contributed by atoms with E-state index >= 15 is 0 Å². The average molecular weight is 283 g/mol. The lowest BCUT2D eigenvalue weighted by Crippen LogP contribution is -2.19. The first-order valence-corrected chi connectivity index (χ1v) is 6.73. The van der Waals surface area contributed by atoms with E-state index in [-0.39, 0.29) is 5.56 Å². The number of aryl methyl sites for hydroxylation is 1. The van der Waals surface area contributed by atoms with Crippen LogP contribution in [0.3, 0.4) is 0 Å². The van der Waals surface area contributed by atoms with E-state index in [0.29, 0.717) is 10.5 Å². The number of aromatic nitrogens is 2. The quantitative estimate of drug-likeness (QED) is 0.484. The predicted octanol–water partition coefficient (Wildman–Crippen LogP) is 3.60. The molecule has 0 unspecified atom stereocenters. The number of hydrogen-bond donors (Lipinski definition) is 0. The number of para-hydroxylation sites is 1. The van der Waals surface area contributed by atoms with Gasteiger partial charge in [-0.15, -0.1) is 0 Å². The molecule has 0 aliphatic rings. The van der Waals surface area contributed by atoms with E-state index in [1.807, 2.05) is 46.9 Å². The highest BCUT2D eigenvalue weighted by Crippen LogP contribution is 2.25. The Morgan fingerprint density at radius 3 is 2.55 bits per heavy atom. The van der Waals surface area contributed by atoms with Crippen molar-refractivity contribution in [2.24, 2.45) is 7.05 Å². The van der Waals surface area contributed by atoms with Gasteiger partial charge < -0.3 is 8.97 Å². The van der Waals surface area contributed by atoms with Crippen molar-refractivity contribution in [1.82, 2.24) is 8.97 Å². The molecule has 20 heavy (non-hydrogen) atoms. The van der Waals surface area contributed by atoms with Crippen LogP contribution in [0.25, 0.3) is 27.5 Å². The smallest absolute Gasteiger partial charge is 0.275 e. The summed E-state index contributed by atoms with van der Waals surface area (Å²) in [6.07, 6.45) is 0. The molecule has 3 nitrogen and oxygen atoms in total. The summed E-state index contributed by atoms with van der Waals surface area (Å²) < 4.78 is 3.65. The Bertz CT molecular complexity index is 1040. The molecule has 0 aliphatic carbocycles. The number of fused-ring (bicyclic) bond motifs is 5. The fourth-order valence-corrected chi connectivity index (χ4v) is 2.98. The molecule has 0 saturated carbocycles. The van der Waals surface area contributed by atoms with Crippen molar-refractivity contribution in [2.75, 3.05) is 0 Å². The van der Waals surface area contributed by atoms with E-state index in [9.17, 15) is 4.79 Å². The third-order valence-corrected chi connectivity index (χ3v) is 4.01. The van der Waals surface area contributed by atoms with Gasteiger partial charge in [0.25, 0.3) is 5.56 Å². The Hall–Kier alpha value is -2.26. The Balaban J connectivity index is 2.45. The van der Waals surface area contributed by atoms with Crippen LogP contribution in [0.1, 0.15) is 0 Å². The largest absolute Gasteiger partial charge is 0.308 e. The van der Waals surface area contributed by atoms with Gasteiger partial charge in [0.15, 0.2) is 0 Å². The standard InChI is InChI=1S/C16H11ClN2O/c1-18-13-7-6-11(17)9-14(13)19-12-5-3-2-4-10(12)8-15(19)16(18)20/h2-9H,1H3. The minimum atomic E-state index is -0.00368. The number of halogens is 1. The monoisotopic (exact) mass is 282 g/mol. The van der Waals surface area contributed by atoms with Crippen LogP contribution >= 0.6 is 11.6 Å². The molecule has 98 valence electrons. The maximum Gasteiger partial charge on any atom is 0.275 e. The SMILES string of the molecule is Cn1c(=O)c2cc3ccccc3n2c2cc(Cl)ccc21. The lowest BCUT2D eigenvalue weighted by atomic mass is 10.2. The van der Waals surface area contributed by atoms with Crippen molar-refractivity contribution in [3.63, 3.8) is 0 Å². The maximum atomic E-state index is 12.5. The highest BCUT2D eigenvalue weighted by atomic mass is 35.5. The van der Waals surface area contributed by atoms with E-state index in [1.165, 1.54) is 0 Å². The van der Waals surface area contributed by atoms with Gasteiger partial charge in [-0.05, 0) is 30.3 Å². The van der Waals surface area contributed by atoms with Gasteiger partial charge in [-0.2, -0.15) is 0 Å². The maximum absolute atomic E-state index is 12.5. The van der Waals surface area contributed by atoms with Crippen molar-refractivity contribution in [3.05, 3.63) is 63.9 Å². The molecular formula is C16H11ClN2O. The fourth-order valence-electron chi connectivity index (χ4n) is 2.81. The van der Waals surface area contributed by atoms with E-state index in [2.05, 4.69) is 0 Å². The molecule has 0 aliphatic heterocycles. The first kappa shape index (κ1) is 11.6. The molecule has 0 spiro atoms. The molecule has 2 heterocycles. The first-order chi connectivity index (χ1) is 9.66. The van der Waals surface area contributed by atoms with Crippen molar-refractivity contribution >= 4 is 39.1 Å². The Morgan fingerprint density at radius 1 is 0.900 bits per heavy atom. The van der Waals surface area contributed by atoms with Crippen molar-refractivity contribution in [3.8, 4) is 0 Å². The van der Waals surface area contributed by atoms with Crippen LogP contribution in [0.5, 0.6) is 0 Å². The highest BCUT2D eigenvalue weighted by molar-refractivity contribution is 6.31. The molecule has 0 saturated heterocycles. The van der Waals surface area contributed by atoms with Gasteiger partial charge in [-0.25, -0.2) is 0 Å². The molecular weight excluding hydrogens is 272 g/mol. The second-order valence-electron chi connectivity index (χ2n) is 4.92. The molecule has 0 amide bonds. The van der Waals surface area contributed by atoms with E-state index in [0.717, 1.165) is 21.9 Å². The average Bonchev–Trinajstić information content (AvgIpc) is 2.84. The lowest BCUT2D eigenvalue weighted by Gasteiger charge is -2.09. The number of nitrogens with zero attached hydrogens (tertiary/aromatic N) is 2. The van der Waals surface area contributed by atoms with E-state index in [4.69, 9.17) is 11.6 Å². The normalized spacial score (nSPS) is 11.7. The van der Waals surface area contributed by atoms with Crippen molar-refractivity contribution in [2.45, 2.75) is 0 Å². The van der Waals surface area contributed by atoms with Crippen LogP contribution in [0.2, 0.25) is 5.02 Å². The van der Waals surface area contributed by atoms with Crippen molar-refractivity contribution in [1.29, 1.82) is 0 Å². The molecule has 0 bridgehead atoms. The van der Waals surface area contributed by atoms with Crippen LogP contribution in [0, 0.1) is 0 Å². The predicted molar refractivity (Wildman–Crippen MR) is 82.7 cm³/mol. The molecule has 0 atom stereocenters. The van der Waals surface area contributed by atoms with Gasteiger partial charge in [-0.3, -0.25) is 4.79 Å². The summed E-state index contributed by atoms with van der Waals surface area (Å²) in [7, 11) is 1.79. The Labute approximate surface area is 119 Å². The summed E-state index contributed by atoms with van der Waals surface area (Å²) in [6.45, 7) is 0. The molecule has 4 aromatic rings. The van der Waals surface area contributed by atoms with Crippen molar-refractivity contribution < 1.29 is 0 Å². The van der Waals surface area contributed by atoms with Gasteiger partial charge in [0, 0.05) is 17.5 Å². The van der Waals surface area contributed by atoms with E-state index in [1.54, 1.807) is 17.7 Å². The highest BCUT2D eigenvalue weighted by Gasteiger charge is 2.12. The third-order valence-electron chi connectivity index (χ3n) is 3.77. The molecule has 4 rings (SSSR count). The second kappa shape index (κ2) is 3.87. The van der Waals surface area contributed by atoms with Gasteiger partial charge in [-0.1, -0.05) is 29.8 Å². The molecule has 0 N–H and O–H groups in total. The molecule has 0 radical (unpaired) electrons.